The van der Waals surface area contributed by atoms with Gasteiger partial charge in [-0.05, 0) is 49.3 Å². The third-order valence-electron chi connectivity index (χ3n) is 4.64. The van der Waals surface area contributed by atoms with Gasteiger partial charge in [-0.25, -0.2) is 4.98 Å². The zero-order chi connectivity index (χ0) is 15.5. The molecule has 1 aliphatic rings. The second kappa shape index (κ2) is 6.58. The molecule has 0 radical (unpaired) electrons. The maximum Gasteiger partial charge on any atom is 0.213 e. The molecular formula is C17H23N3O2. The van der Waals surface area contributed by atoms with E-state index in [1.54, 1.807) is 19.4 Å². The Morgan fingerprint density at radius 1 is 1.27 bits per heavy atom. The average Bonchev–Trinajstić information content (AvgIpc) is 2.55. The first-order chi connectivity index (χ1) is 10.7. The molecule has 22 heavy (non-hydrogen) atoms. The molecule has 5 heteroatoms. The van der Waals surface area contributed by atoms with Gasteiger partial charge in [0.05, 0.1) is 24.2 Å². The first kappa shape index (κ1) is 15.2. The monoisotopic (exact) mass is 301 g/mol. The minimum atomic E-state index is -0.355. The number of pyridine rings is 2. The number of nitrogens with zero attached hydrogens (tertiary/aromatic N) is 2. The van der Waals surface area contributed by atoms with E-state index < -0.39 is 0 Å². The molecule has 1 saturated carbocycles. The van der Waals surface area contributed by atoms with Gasteiger partial charge in [0.1, 0.15) is 0 Å². The molecule has 1 atom stereocenters. The number of aromatic nitrogens is 2. The van der Waals surface area contributed by atoms with E-state index in [2.05, 4.69) is 9.97 Å². The maximum atomic E-state index is 10.6. The van der Waals surface area contributed by atoms with Crippen LogP contribution in [0.15, 0.2) is 24.4 Å². The van der Waals surface area contributed by atoms with Gasteiger partial charge in [-0.2, -0.15) is 0 Å². The summed E-state index contributed by atoms with van der Waals surface area (Å²) in [4.78, 5) is 8.82. The predicted molar refractivity (Wildman–Crippen MR) is 85.7 cm³/mol. The minimum absolute atomic E-state index is 0.302. The first-order valence-electron chi connectivity index (χ1n) is 7.89. The molecule has 0 bridgehead atoms. The van der Waals surface area contributed by atoms with Crippen molar-refractivity contribution in [3.05, 3.63) is 30.0 Å². The number of fused-ring (bicyclic) bond motifs is 1. The summed E-state index contributed by atoms with van der Waals surface area (Å²) in [5, 5.41) is 10.6. The van der Waals surface area contributed by atoms with Gasteiger partial charge in [-0.1, -0.05) is 0 Å². The van der Waals surface area contributed by atoms with E-state index in [0.29, 0.717) is 24.3 Å². The van der Waals surface area contributed by atoms with Crippen molar-refractivity contribution in [1.82, 2.24) is 9.97 Å². The molecule has 0 unspecified atom stereocenters. The van der Waals surface area contributed by atoms with E-state index in [0.717, 1.165) is 42.3 Å². The van der Waals surface area contributed by atoms with Crippen LogP contribution < -0.4 is 10.5 Å². The van der Waals surface area contributed by atoms with E-state index >= 15 is 0 Å². The topological polar surface area (TPSA) is 81.3 Å². The lowest BCUT2D eigenvalue weighted by Gasteiger charge is -2.29. The van der Waals surface area contributed by atoms with Crippen molar-refractivity contribution in [2.75, 3.05) is 7.11 Å². The van der Waals surface area contributed by atoms with Crippen molar-refractivity contribution in [2.24, 2.45) is 11.7 Å². The molecule has 0 saturated heterocycles. The molecule has 118 valence electrons. The Balaban J connectivity index is 1.80. The van der Waals surface area contributed by atoms with Gasteiger partial charge in [0.2, 0.25) is 5.88 Å². The fourth-order valence-electron chi connectivity index (χ4n) is 3.26. The molecule has 0 aromatic carbocycles. The van der Waals surface area contributed by atoms with Crippen LogP contribution in [-0.2, 0) is 6.42 Å². The van der Waals surface area contributed by atoms with Gasteiger partial charge in [0.25, 0.3) is 0 Å². The van der Waals surface area contributed by atoms with E-state index in [9.17, 15) is 5.11 Å². The quantitative estimate of drug-likeness (QED) is 0.903. The zero-order valence-electron chi connectivity index (χ0n) is 12.9. The smallest absolute Gasteiger partial charge is 0.213 e. The standard InChI is InChI=1S/C17H23N3O2/c1-22-16-7-6-14-17(20-16)12(8-9-19-14)10-15(21)11-2-4-13(18)5-3-11/h6-9,11,13,15,21H,2-5,10,18H2,1H3/t11-,13-,15-/m1/s1. The summed E-state index contributed by atoms with van der Waals surface area (Å²) in [7, 11) is 1.60. The highest BCUT2D eigenvalue weighted by Crippen LogP contribution is 2.29. The molecular weight excluding hydrogens is 278 g/mol. The van der Waals surface area contributed by atoms with Gasteiger partial charge in [0, 0.05) is 24.7 Å². The van der Waals surface area contributed by atoms with Crippen LogP contribution in [0.2, 0.25) is 0 Å². The van der Waals surface area contributed by atoms with Crippen molar-refractivity contribution in [2.45, 2.75) is 44.2 Å². The minimum Gasteiger partial charge on any atom is -0.481 e. The van der Waals surface area contributed by atoms with Crippen LogP contribution >= 0.6 is 0 Å². The van der Waals surface area contributed by atoms with Crippen LogP contribution in [-0.4, -0.2) is 34.3 Å². The summed E-state index contributed by atoms with van der Waals surface area (Å²) in [5.74, 6) is 0.897. The average molecular weight is 301 g/mol. The molecule has 1 aliphatic carbocycles. The van der Waals surface area contributed by atoms with Crippen LogP contribution in [0, 0.1) is 5.92 Å². The molecule has 2 aromatic rings. The molecule has 2 aromatic heterocycles. The van der Waals surface area contributed by atoms with Gasteiger partial charge >= 0.3 is 0 Å². The van der Waals surface area contributed by atoms with Crippen molar-refractivity contribution in [3.8, 4) is 5.88 Å². The maximum absolute atomic E-state index is 10.6. The number of aliphatic hydroxyl groups is 1. The number of hydrogen-bond donors (Lipinski definition) is 2. The second-order valence-electron chi connectivity index (χ2n) is 6.14. The highest BCUT2D eigenvalue weighted by Gasteiger charge is 2.25. The lowest BCUT2D eigenvalue weighted by Crippen LogP contribution is -2.32. The van der Waals surface area contributed by atoms with Crippen LogP contribution in [0.5, 0.6) is 5.88 Å². The van der Waals surface area contributed by atoms with Gasteiger partial charge in [-0.15, -0.1) is 0 Å². The van der Waals surface area contributed by atoms with E-state index in [1.165, 1.54) is 0 Å². The lowest BCUT2D eigenvalue weighted by molar-refractivity contribution is 0.0819. The molecule has 2 heterocycles. The Hall–Kier alpha value is -1.72. The van der Waals surface area contributed by atoms with Crippen molar-refractivity contribution < 1.29 is 9.84 Å². The molecule has 1 fully saturated rings. The van der Waals surface area contributed by atoms with Crippen LogP contribution in [0.4, 0.5) is 0 Å². The van der Waals surface area contributed by atoms with Crippen LogP contribution in [0.1, 0.15) is 31.2 Å². The van der Waals surface area contributed by atoms with Gasteiger partial charge in [-0.3, -0.25) is 4.98 Å². The second-order valence-corrected chi connectivity index (χ2v) is 6.14. The zero-order valence-corrected chi connectivity index (χ0v) is 12.9. The normalized spacial score (nSPS) is 23.4. The van der Waals surface area contributed by atoms with E-state index in [-0.39, 0.29) is 6.10 Å². The van der Waals surface area contributed by atoms with E-state index in [4.69, 9.17) is 10.5 Å². The highest BCUT2D eigenvalue weighted by atomic mass is 16.5. The number of rotatable bonds is 4. The Morgan fingerprint density at radius 3 is 2.77 bits per heavy atom. The SMILES string of the molecule is COc1ccc2nccc(C[C@@H](O)[C@H]3CC[C@H](N)CC3)c2n1. The predicted octanol–water partition coefficient (Wildman–Crippen LogP) is 2.06. The molecule has 0 amide bonds. The summed E-state index contributed by atoms with van der Waals surface area (Å²) in [6.07, 6.45) is 6.03. The Morgan fingerprint density at radius 2 is 2.05 bits per heavy atom. The van der Waals surface area contributed by atoms with Gasteiger partial charge in [0.15, 0.2) is 0 Å². The first-order valence-corrected chi connectivity index (χ1v) is 7.89. The van der Waals surface area contributed by atoms with Crippen molar-refractivity contribution >= 4 is 11.0 Å². The summed E-state index contributed by atoms with van der Waals surface area (Å²) in [6, 6.07) is 5.94. The van der Waals surface area contributed by atoms with Crippen LogP contribution in [0.25, 0.3) is 11.0 Å². The lowest BCUT2D eigenvalue weighted by atomic mass is 9.81. The Labute approximate surface area is 130 Å². The number of ether oxygens (including phenoxy) is 1. The molecule has 5 nitrogen and oxygen atoms in total. The molecule has 3 rings (SSSR count). The van der Waals surface area contributed by atoms with Crippen molar-refractivity contribution in [3.63, 3.8) is 0 Å². The van der Waals surface area contributed by atoms with Crippen LogP contribution in [0.3, 0.4) is 0 Å². The number of nitrogens with two attached hydrogens (primary N) is 1. The molecule has 3 N–H and O–H groups in total. The Kier molecular flexibility index (Phi) is 4.55. The summed E-state index contributed by atoms with van der Waals surface area (Å²) in [6.45, 7) is 0. The third kappa shape index (κ3) is 3.20. The highest BCUT2D eigenvalue weighted by molar-refractivity contribution is 5.78. The van der Waals surface area contributed by atoms with Gasteiger partial charge < -0.3 is 15.6 Å². The summed E-state index contributed by atoms with van der Waals surface area (Å²) in [5.41, 5.74) is 8.61. The fourth-order valence-corrected chi connectivity index (χ4v) is 3.26. The third-order valence-corrected chi connectivity index (χ3v) is 4.64. The number of methoxy groups -OCH3 is 1. The number of aliphatic hydroxyl groups excluding tert-OH is 1. The fraction of sp³-hybridized carbons (Fsp3) is 0.529. The number of hydrogen-bond acceptors (Lipinski definition) is 5. The largest absolute Gasteiger partial charge is 0.481 e. The summed E-state index contributed by atoms with van der Waals surface area (Å²) >= 11 is 0. The Bertz CT molecular complexity index is 639. The van der Waals surface area contributed by atoms with Crippen molar-refractivity contribution in [1.29, 1.82) is 0 Å². The molecule has 0 aliphatic heterocycles. The molecule has 0 spiro atoms. The summed E-state index contributed by atoms with van der Waals surface area (Å²) < 4.78 is 5.20. The van der Waals surface area contributed by atoms with E-state index in [1.807, 2.05) is 12.1 Å².